The van der Waals surface area contributed by atoms with E-state index in [9.17, 15) is 4.79 Å². The Morgan fingerprint density at radius 2 is 2.15 bits per heavy atom. The molecule has 1 atom stereocenters. The van der Waals surface area contributed by atoms with Crippen LogP contribution in [0.2, 0.25) is 5.02 Å². The fraction of sp³-hybridized carbons (Fsp3) is 0.200. The van der Waals surface area contributed by atoms with Crippen molar-refractivity contribution in [3.63, 3.8) is 0 Å². The monoisotopic (exact) mass is 288 g/mol. The Morgan fingerprint density at radius 3 is 2.90 bits per heavy atom. The molecular weight excluding hydrogens is 276 g/mol. The van der Waals surface area contributed by atoms with E-state index in [-0.39, 0.29) is 12.0 Å². The molecule has 4 nitrogen and oxygen atoms in total. The molecule has 1 aliphatic heterocycles. The van der Waals surface area contributed by atoms with Gasteiger partial charge in [-0.1, -0.05) is 11.6 Å². The Bertz CT molecular complexity index is 700. The van der Waals surface area contributed by atoms with Gasteiger partial charge in [-0.15, -0.1) is 0 Å². The van der Waals surface area contributed by atoms with Crippen molar-refractivity contribution in [2.45, 2.75) is 20.0 Å². The molecule has 1 aliphatic rings. The number of carbonyl (C=O) groups excluding carboxylic acids is 1. The highest BCUT2D eigenvalue weighted by molar-refractivity contribution is 6.30. The van der Waals surface area contributed by atoms with Gasteiger partial charge in [0.2, 0.25) is 5.91 Å². The number of hydrogen-bond donors (Lipinski definition) is 1. The first-order valence-electron chi connectivity index (χ1n) is 6.28. The second-order valence-electron chi connectivity index (χ2n) is 4.73. The number of aromatic nitrogens is 1. The van der Waals surface area contributed by atoms with Gasteiger partial charge in [-0.05, 0) is 25.1 Å². The van der Waals surface area contributed by atoms with Crippen LogP contribution in [0, 0.1) is 0 Å². The van der Waals surface area contributed by atoms with Crippen LogP contribution < -0.4 is 10.1 Å². The highest BCUT2D eigenvalue weighted by Crippen LogP contribution is 2.45. The summed E-state index contributed by atoms with van der Waals surface area (Å²) in [5.74, 6) is 0.605. The van der Waals surface area contributed by atoms with Crippen molar-refractivity contribution < 1.29 is 9.53 Å². The molecule has 0 radical (unpaired) electrons. The van der Waals surface area contributed by atoms with Gasteiger partial charge in [0.15, 0.2) is 0 Å². The van der Waals surface area contributed by atoms with Gasteiger partial charge in [0.25, 0.3) is 0 Å². The minimum Gasteiger partial charge on any atom is -0.485 e. The molecule has 1 aromatic heterocycles. The summed E-state index contributed by atoms with van der Waals surface area (Å²) in [6, 6.07) is 5.51. The molecule has 20 heavy (non-hydrogen) atoms. The molecule has 2 heterocycles. The Balaban J connectivity index is 2.20. The van der Waals surface area contributed by atoms with Gasteiger partial charge >= 0.3 is 0 Å². The van der Waals surface area contributed by atoms with Crippen molar-refractivity contribution in [3.8, 4) is 16.9 Å². The molecule has 0 saturated heterocycles. The largest absolute Gasteiger partial charge is 0.485 e. The number of ether oxygens (including phenoxy) is 1. The van der Waals surface area contributed by atoms with Crippen LogP contribution in [0.5, 0.6) is 5.75 Å². The van der Waals surface area contributed by atoms with Crippen LogP contribution in [-0.2, 0) is 4.79 Å². The molecule has 0 saturated carbocycles. The van der Waals surface area contributed by atoms with Crippen LogP contribution in [-0.4, -0.2) is 10.9 Å². The molecule has 102 valence electrons. The lowest BCUT2D eigenvalue weighted by molar-refractivity contribution is -0.114. The number of hydrogen-bond acceptors (Lipinski definition) is 3. The Kier molecular flexibility index (Phi) is 3.10. The molecule has 0 aliphatic carbocycles. The second-order valence-corrected chi connectivity index (χ2v) is 5.17. The molecule has 2 aromatic rings. The third-order valence-electron chi connectivity index (χ3n) is 3.24. The summed E-state index contributed by atoms with van der Waals surface area (Å²) >= 11 is 6.00. The summed E-state index contributed by atoms with van der Waals surface area (Å²) in [5.41, 5.74) is 3.51. The maximum atomic E-state index is 11.3. The zero-order valence-electron chi connectivity index (χ0n) is 11.1. The maximum Gasteiger partial charge on any atom is 0.221 e. The topological polar surface area (TPSA) is 51.2 Å². The molecule has 1 N–H and O–H groups in total. The smallest absolute Gasteiger partial charge is 0.221 e. The number of nitrogens with zero attached hydrogens (tertiary/aromatic N) is 1. The molecule has 1 amide bonds. The first-order valence-corrected chi connectivity index (χ1v) is 6.66. The first kappa shape index (κ1) is 12.9. The highest BCUT2D eigenvalue weighted by Gasteiger charge is 2.26. The summed E-state index contributed by atoms with van der Waals surface area (Å²) in [6.07, 6.45) is 3.24. The van der Waals surface area contributed by atoms with Gasteiger partial charge in [0, 0.05) is 34.8 Å². The van der Waals surface area contributed by atoms with Crippen molar-refractivity contribution in [1.82, 2.24) is 4.98 Å². The summed E-state index contributed by atoms with van der Waals surface area (Å²) < 4.78 is 5.90. The molecular formula is C15H13ClN2O2. The first-order chi connectivity index (χ1) is 9.56. The normalized spacial score (nSPS) is 15.8. The van der Waals surface area contributed by atoms with E-state index in [4.69, 9.17) is 16.3 Å². The average Bonchev–Trinajstić information content (AvgIpc) is 2.37. The molecule has 0 spiro atoms. The maximum absolute atomic E-state index is 11.3. The van der Waals surface area contributed by atoms with E-state index in [1.54, 1.807) is 18.5 Å². The summed E-state index contributed by atoms with van der Waals surface area (Å²) in [7, 11) is 0. The summed E-state index contributed by atoms with van der Waals surface area (Å²) in [5, 5.41) is 3.43. The predicted molar refractivity (Wildman–Crippen MR) is 78.0 cm³/mol. The minimum absolute atomic E-state index is 0.130. The highest BCUT2D eigenvalue weighted by atomic mass is 35.5. The van der Waals surface area contributed by atoms with Crippen molar-refractivity contribution in [2.75, 3.05) is 5.32 Å². The Hall–Kier alpha value is -2.07. The van der Waals surface area contributed by atoms with Crippen LogP contribution in [0.3, 0.4) is 0 Å². The lowest BCUT2D eigenvalue weighted by Crippen LogP contribution is -2.16. The molecule has 1 aromatic carbocycles. The number of nitrogens with one attached hydrogen (secondary N) is 1. The number of halogens is 1. The van der Waals surface area contributed by atoms with E-state index in [1.807, 2.05) is 19.1 Å². The van der Waals surface area contributed by atoms with Crippen molar-refractivity contribution >= 4 is 23.2 Å². The Labute approximate surface area is 121 Å². The van der Waals surface area contributed by atoms with Crippen LogP contribution in [0.1, 0.15) is 25.5 Å². The van der Waals surface area contributed by atoms with E-state index in [0.29, 0.717) is 10.7 Å². The summed E-state index contributed by atoms with van der Waals surface area (Å²) in [4.78, 5) is 15.5. The quantitative estimate of drug-likeness (QED) is 0.868. The zero-order chi connectivity index (χ0) is 14.3. The van der Waals surface area contributed by atoms with Crippen molar-refractivity contribution in [1.29, 1.82) is 0 Å². The standard InChI is InChI=1S/C15H13ClN2O2/c1-8-15-12(6-17-7-13(15)18-9(2)19)11-4-3-10(16)5-14(11)20-8/h3-8H,1-2H3,(H,18,19). The Morgan fingerprint density at radius 1 is 1.35 bits per heavy atom. The number of pyridine rings is 1. The van der Waals surface area contributed by atoms with Gasteiger partial charge in [0.05, 0.1) is 11.9 Å². The van der Waals surface area contributed by atoms with Crippen LogP contribution in [0.15, 0.2) is 30.6 Å². The van der Waals surface area contributed by atoms with Gasteiger partial charge in [-0.2, -0.15) is 0 Å². The van der Waals surface area contributed by atoms with E-state index in [1.165, 1.54) is 6.92 Å². The summed E-state index contributed by atoms with van der Waals surface area (Å²) in [6.45, 7) is 3.41. The van der Waals surface area contributed by atoms with Gasteiger partial charge in [0.1, 0.15) is 11.9 Å². The number of carbonyl (C=O) groups is 1. The fourth-order valence-electron chi connectivity index (χ4n) is 2.48. The van der Waals surface area contributed by atoms with Crippen molar-refractivity contribution in [2.24, 2.45) is 0 Å². The molecule has 1 unspecified atom stereocenters. The lowest BCUT2D eigenvalue weighted by atomic mass is 9.94. The van der Waals surface area contributed by atoms with E-state index in [2.05, 4.69) is 10.3 Å². The van der Waals surface area contributed by atoms with E-state index < -0.39 is 0 Å². The average molecular weight is 289 g/mol. The minimum atomic E-state index is -0.180. The molecule has 3 rings (SSSR count). The zero-order valence-corrected chi connectivity index (χ0v) is 11.9. The number of amides is 1. The number of rotatable bonds is 1. The van der Waals surface area contributed by atoms with Gasteiger partial charge < -0.3 is 10.1 Å². The molecule has 5 heteroatoms. The van der Waals surface area contributed by atoms with Crippen LogP contribution in [0.4, 0.5) is 5.69 Å². The SMILES string of the molecule is CC(=O)Nc1cncc2c1C(C)Oc1cc(Cl)ccc1-2. The number of anilines is 1. The van der Waals surface area contributed by atoms with Crippen LogP contribution in [0.25, 0.3) is 11.1 Å². The predicted octanol–water partition coefficient (Wildman–Crippen LogP) is 3.81. The number of benzene rings is 1. The molecule has 0 fully saturated rings. The third-order valence-corrected chi connectivity index (χ3v) is 3.48. The van der Waals surface area contributed by atoms with E-state index >= 15 is 0 Å². The van der Waals surface area contributed by atoms with Crippen LogP contribution >= 0.6 is 11.6 Å². The van der Waals surface area contributed by atoms with Crippen molar-refractivity contribution in [3.05, 3.63) is 41.2 Å². The molecule has 0 bridgehead atoms. The third kappa shape index (κ3) is 2.12. The number of fused-ring (bicyclic) bond motifs is 3. The van der Waals surface area contributed by atoms with E-state index in [0.717, 1.165) is 22.4 Å². The van der Waals surface area contributed by atoms with Gasteiger partial charge in [-0.3, -0.25) is 9.78 Å². The lowest BCUT2D eigenvalue weighted by Gasteiger charge is -2.28. The fourth-order valence-corrected chi connectivity index (χ4v) is 2.64. The van der Waals surface area contributed by atoms with Gasteiger partial charge in [-0.25, -0.2) is 0 Å². The second kappa shape index (κ2) is 4.80.